The fraction of sp³-hybridized carbons (Fsp3) is 0.375. The molecule has 0 atom stereocenters. The number of rotatable bonds is 3. The summed E-state index contributed by atoms with van der Waals surface area (Å²) in [4.78, 5) is 18.3. The molecule has 3 aromatic rings. The van der Waals surface area contributed by atoms with Crippen LogP contribution in [0.15, 0.2) is 41.3 Å². The Bertz CT molecular complexity index is 1320. The number of nitrogens with one attached hydrogen (secondary N) is 1. The van der Waals surface area contributed by atoms with Gasteiger partial charge in [0.25, 0.3) is 5.91 Å². The van der Waals surface area contributed by atoms with Gasteiger partial charge in [0.1, 0.15) is 0 Å². The molecule has 0 radical (unpaired) electrons. The van der Waals surface area contributed by atoms with Crippen LogP contribution in [0.1, 0.15) is 28.0 Å². The van der Waals surface area contributed by atoms with Gasteiger partial charge in [-0.3, -0.25) is 4.79 Å². The number of carbonyl (C=O) groups excluding carboxylic acids is 1. The smallest absolute Gasteiger partial charge is 0.253 e. The summed E-state index contributed by atoms with van der Waals surface area (Å²) in [6.07, 6.45) is 0.753. The predicted molar refractivity (Wildman–Crippen MR) is 124 cm³/mol. The Morgan fingerprint density at radius 3 is 2.42 bits per heavy atom. The highest BCUT2D eigenvalue weighted by Crippen LogP contribution is 2.33. The maximum atomic E-state index is 13.2. The SMILES string of the molecule is Cc1[nH]c2ccc(C(=O)N3CCN(S(=O)(=O)c4ccc5c(c4)OCCCO5)CC3)cc2c1C. The summed E-state index contributed by atoms with van der Waals surface area (Å²) in [5.74, 6) is 0.933. The molecule has 0 unspecified atom stereocenters. The van der Waals surface area contributed by atoms with E-state index in [-0.39, 0.29) is 23.9 Å². The van der Waals surface area contributed by atoms with Crippen LogP contribution in [-0.2, 0) is 10.0 Å². The van der Waals surface area contributed by atoms with Crippen molar-refractivity contribution in [1.82, 2.24) is 14.2 Å². The predicted octanol–water partition coefficient (Wildman–Crippen LogP) is 3.09. The minimum absolute atomic E-state index is 0.0808. The molecule has 5 rings (SSSR count). The first-order valence-electron chi connectivity index (χ1n) is 11.1. The standard InChI is InChI=1S/C24H27N3O5S/c1-16-17(2)25-21-6-4-18(14-20(16)21)24(28)26-8-10-27(11-9-26)33(29,30)19-5-7-22-23(15-19)32-13-3-12-31-22/h4-7,14-15,25H,3,8-13H2,1-2H3. The molecule has 0 aliphatic carbocycles. The number of piperazine rings is 1. The van der Waals surface area contributed by atoms with Crippen LogP contribution in [0.3, 0.4) is 0 Å². The Hall–Kier alpha value is -3.04. The zero-order valence-corrected chi connectivity index (χ0v) is 19.6. The van der Waals surface area contributed by atoms with Crippen molar-refractivity contribution < 1.29 is 22.7 Å². The van der Waals surface area contributed by atoms with Gasteiger partial charge in [-0.2, -0.15) is 4.31 Å². The van der Waals surface area contributed by atoms with E-state index >= 15 is 0 Å². The second-order valence-corrected chi connectivity index (χ2v) is 10.4. The Labute approximate surface area is 193 Å². The molecule has 2 aromatic carbocycles. The van der Waals surface area contributed by atoms with Gasteiger partial charge in [-0.1, -0.05) is 0 Å². The zero-order chi connectivity index (χ0) is 23.2. The Balaban J connectivity index is 1.30. The minimum Gasteiger partial charge on any atom is -0.490 e. The minimum atomic E-state index is -3.70. The fourth-order valence-electron chi connectivity index (χ4n) is 4.36. The Kier molecular flexibility index (Phi) is 5.54. The molecule has 2 aliphatic heterocycles. The third-order valence-electron chi connectivity index (χ3n) is 6.44. The third-order valence-corrected chi connectivity index (χ3v) is 8.33. The maximum absolute atomic E-state index is 13.2. The van der Waals surface area contributed by atoms with Gasteiger partial charge in [0.2, 0.25) is 10.0 Å². The number of benzene rings is 2. The Morgan fingerprint density at radius 1 is 0.939 bits per heavy atom. The molecule has 1 aromatic heterocycles. The van der Waals surface area contributed by atoms with Crippen LogP contribution in [0.25, 0.3) is 10.9 Å². The quantitative estimate of drug-likeness (QED) is 0.637. The van der Waals surface area contributed by atoms with Crippen molar-refractivity contribution in [3.63, 3.8) is 0 Å². The lowest BCUT2D eigenvalue weighted by molar-refractivity contribution is 0.0698. The first kappa shape index (κ1) is 21.8. The number of hydrogen-bond acceptors (Lipinski definition) is 5. The lowest BCUT2D eigenvalue weighted by atomic mass is 10.1. The Morgan fingerprint density at radius 2 is 1.67 bits per heavy atom. The summed E-state index contributed by atoms with van der Waals surface area (Å²) in [5, 5.41) is 1.04. The van der Waals surface area contributed by atoms with Crippen LogP contribution in [0, 0.1) is 13.8 Å². The molecule has 0 saturated carbocycles. The zero-order valence-electron chi connectivity index (χ0n) is 18.8. The normalized spacial score (nSPS) is 17.2. The fourth-order valence-corrected chi connectivity index (χ4v) is 5.80. The summed E-state index contributed by atoms with van der Waals surface area (Å²) >= 11 is 0. The number of carbonyl (C=O) groups is 1. The summed E-state index contributed by atoms with van der Waals surface area (Å²) in [6, 6.07) is 10.4. The molecular weight excluding hydrogens is 442 g/mol. The number of fused-ring (bicyclic) bond motifs is 2. The number of hydrogen-bond donors (Lipinski definition) is 1. The molecular formula is C24H27N3O5S. The van der Waals surface area contributed by atoms with Gasteiger partial charge in [-0.05, 0) is 49.7 Å². The van der Waals surface area contributed by atoms with Crippen molar-refractivity contribution in [1.29, 1.82) is 0 Å². The van der Waals surface area contributed by atoms with Gasteiger partial charge >= 0.3 is 0 Å². The van der Waals surface area contributed by atoms with E-state index < -0.39 is 10.0 Å². The monoisotopic (exact) mass is 469 g/mol. The third kappa shape index (κ3) is 3.95. The van der Waals surface area contributed by atoms with E-state index in [1.54, 1.807) is 17.0 Å². The number of aryl methyl sites for hydroxylation is 2. The number of sulfonamides is 1. The van der Waals surface area contributed by atoms with Crippen molar-refractivity contribution in [2.24, 2.45) is 0 Å². The molecule has 1 saturated heterocycles. The molecule has 1 fully saturated rings. The average Bonchev–Trinajstić information content (AvgIpc) is 2.98. The van der Waals surface area contributed by atoms with Crippen molar-refractivity contribution >= 4 is 26.8 Å². The van der Waals surface area contributed by atoms with Crippen LogP contribution < -0.4 is 9.47 Å². The number of aromatic amines is 1. The van der Waals surface area contributed by atoms with Crippen LogP contribution in [0.4, 0.5) is 0 Å². The van der Waals surface area contributed by atoms with Crippen LogP contribution in [-0.4, -0.2) is 67.9 Å². The lowest BCUT2D eigenvalue weighted by Gasteiger charge is -2.34. The molecule has 3 heterocycles. The molecule has 8 nitrogen and oxygen atoms in total. The van der Waals surface area contributed by atoms with E-state index in [1.807, 2.05) is 32.0 Å². The molecule has 33 heavy (non-hydrogen) atoms. The molecule has 2 aliphatic rings. The molecule has 174 valence electrons. The van der Waals surface area contributed by atoms with Gasteiger partial charge in [-0.25, -0.2) is 8.42 Å². The first-order valence-corrected chi connectivity index (χ1v) is 12.6. The molecule has 1 N–H and O–H groups in total. The maximum Gasteiger partial charge on any atom is 0.253 e. The molecule has 1 amide bonds. The number of H-pyrrole nitrogens is 1. The van der Waals surface area contributed by atoms with E-state index in [1.165, 1.54) is 10.4 Å². The van der Waals surface area contributed by atoms with E-state index in [0.29, 0.717) is 43.4 Å². The highest BCUT2D eigenvalue weighted by atomic mass is 32.2. The number of amides is 1. The number of ether oxygens (including phenoxy) is 2. The highest BCUT2D eigenvalue weighted by Gasteiger charge is 2.31. The van der Waals surface area contributed by atoms with Crippen molar-refractivity contribution in [2.45, 2.75) is 25.2 Å². The molecule has 9 heteroatoms. The second-order valence-electron chi connectivity index (χ2n) is 8.49. The van der Waals surface area contributed by atoms with E-state index in [2.05, 4.69) is 4.98 Å². The van der Waals surface area contributed by atoms with Gasteiger partial charge in [-0.15, -0.1) is 0 Å². The second kappa shape index (κ2) is 8.39. The van der Waals surface area contributed by atoms with Gasteiger partial charge in [0.15, 0.2) is 11.5 Å². The average molecular weight is 470 g/mol. The summed E-state index contributed by atoms with van der Waals surface area (Å²) in [6.45, 7) is 6.25. The van der Waals surface area contributed by atoms with E-state index in [4.69, 9.17) is 9.47 Å². The highest BCUT2D eigenvalue weighted by molar-refractivity contribution is 7.89. The van der Waals surface area contributed by atoms with Gasteiger partial charge < -0.3 is 19.4 Å². The number of nitrogens with zero attached hydrogens (tertiary/aromatic N) is 2. The van der Waals surface area contributed by atoms with Crippen LogP contribution >= 0.6 is 0 Å². The van der Waals surface area contributed by atoms with Crippen LogP contribution in [0.5, 0.6) is 11.5 Å². The van der Waals surface area contributed by atoms with Crippen molar-refractivity contribution in [3.05, 3.63) is 53.2 Å². The molecule has 0 spiro atoms. The van der Waals surface area contributed by atoms with Crippen molar-refractivity contribution in [2.75, 3.05) is 39.4 Å². The van der Waals surface area contributed by atoms with E-state index in [9.17, 15) is 13.2 Å². The summed E-state index contributed by atoms with van der Waals surface area (Å²) in [5.41, 5.74) is 3.84. The lowest BCUT2D eigenvalue weighted by Crippen LogP contribution is -2.50. The van der Waals surface area contributed by atoms with Gasteiger partial charge in [0, 0.05) is 60.8 Å². The van der Waals surface area contributed by atoms with Crippen LogP contribution in [0.2, 0.25) is 0 Å². The molecule has 0 bridgehead atoms. The number of aromatic nitrogens is 1. The first-order chi connectivity index (χ1) is 15.8. The van der Waals surface area contributed by atoms with E-state index in [0.717, 1.165) is 28.6 Å². The topological polar surface area (TPSA) is 91.9 Å². The summed E-state index contributed by atoms with van der Waals surface area (Å²) in [7, 11) is -3.70. The largest absolute Gasteiger partial charge is 0.490 e. The summed E-state index contributed by atoms with van der Waals surface area (Å²) < 4.78 is 39.1. The van der Waals surface area contributed by atoms with Gasteiger partial charge in [0.05, 0.1) is 18.1 Å². The van der Waals surface area contributed by atoms with Crippen molar-refractivity contribution in [3.8, 4) is 11.5 Å².